The third-order valence-corrected chi connectivity index (χ3v) is 4.87. The van der Waals surface area contributed by atoms with Crippen molar-refractivity contribution in [3.05, 3.63) is 70.8 Å². The van der Waals surface area contributed by atoms with E-state index in [1.807, 2.05) is 63.2 Å². The molecule has 30 heavy (non-hydrogen) atoms. The highest BCUT2D eigenvalue weighted by molar-refractivity contribution is 5.74. The summed E-state index contributed by atoms with van der Waals surface area (Å²) in [4.78, 5) is 21.6. The highest BCUT2D eigenvalue weighted by Crippen LogP contribution is 2.20. The van der Waals surface area contributed by atoms with Gasteiger partial charge in [-0.3, -0.25) is 24.2 Å². The average molecular weight is 404 g/mol. The number of aromatic nitrogens is 5. The van der Waals surface area contributed by atoms with Gasteiger partial charge in [-0.05, 0) is 38.5 Å². The van der Waals surface area contributed by atoms with Crippen molar-refractivity contribution in [1.29, 1.82) is 0 Å². The zero-order chi connectivity index (χ0) is 21.5. The summed E-state index contributed by atoms with van der Waals surface area (Å²) in [5.74, 6) is 0.157. The molecule has 8 heteroatoms. The summed E-state index contributed by atoms with van der Waals surface area (Å²) in [6, 6.07) is 13.9. The molecular formula is C22H24N6O2. The van der Waals surface area contributed by atoms with Gasteiger partial charge in [0, 0.05) is 25.0 Å². The summed E-state index contributed by atoms with van der Waals surface area (Å²) in [5.41, 5.74) is 2.44. The second kappa shape index (κ2) is 7.38. The van der Waals surface area contributed by atoms with E-state index in [9.17, 15) is 10.0 Å². The first-order valence-electron chi connectivity index (χ1n) is 9.68. The van der Waals surface area contributed by atoms with Crippen molar-refractivity contribution in [3.8, 4) is 11.3 Å². The highest BCUT2D eigenvalue weighted by atomic mass is 16.5. The predicted octanol–water partition coefficient (Wildman–Crippen LogP) is 3.23. The van der Waals surface area contributed by atoms with E-state index in [1.54, 1.807) is 24.1 Å². The molecule has 4 rings (SSSR count). The van der Waals surface area contributed by atoms with E-state index in [-0.39, 0.29) is 11.5 Å². The smallest absolute Gasteiger partial charge is 0.265 e. The Labute approximate surface area is 174 Å². The van der Waals surface area contributed by atoms with E-state index < -0.39 is 5.54 Å². The van der Waals surface area contributed by atoms with Crippen molar-refractivity contribution in [2.45, 2.75) is 32.9 Å². The fourth-order valence-corrected chi connectivity index (χ4v) is 3.16. The van der Waals surface area contributed by atoms with E-state index in [0.29, 0.717) is 17.6 Å². The maximum Gasteiger partial charge on any atom is 0.265 e. The van der Waals surface area contributed by atoms with Crippen molar-refractivity contribution in [3.63, 3.8) is 0 Å². The van der Waals surface area contributed by atoms with Crippen molar-refractivity contribution in [2.75, 3.05) is 5.06 Å². The Balaban J connectivity index is 1.64. The normalized spacial score (nSPS) is 11.8. The van der Waals surface area contributed by atoms with Crippen LogP contribution in [0.2, 0.25) is 0 Å². The van der Waals surface area contributed by atoms with Crippen LogP contribution in [-0.4, -0.2) is 35.1 Å². The molecule has 4 aromatic rings. The van der Waals surface area contributed by atoms with Crippen LogP contribution < -0.4 is 10.6 Å². The summed E-state index contributed by atoms with van der Waals surface area (Å²) in [6.45, 7) is 5.99. The van der Waals surface area contributed by atoms with Gasteiger partial charge in [-0.15, -0.1) is 0 Å². The van der Waals surface area contributed by atoms with E-state index in [2.05, 4.69) is 15.1 Å². The van der Waals surface area contributed by atoms with E-state index in [0.717, 1.165) is 21.9 Å². The molecule has 0 radical (unpaired) electrons. The Morgan fingerprint density at radius 1 is 1.10 bits per heavy atom. The van der Waals surface area contributed by atoms with Crippen molar-refractivity contribution >= 4 is 17.0 Å². The van der Waals surface area contributed by atoms with Gasteiger partial charge in [0.05, 0.1) is 17.8 Å². The maximum absolute atomic E-state index is 12.8. The third kappa shape index (κ3) is 3.69. The summed E-state index contributed by atoms with van der Waals surface area (Å²) < 4.78 is 3.03. The molecule has 0 bridgehead atoms. The van der Waals surface area contributed by atoms with Crippen molar-refractivity contribution < 1.29 is 5.21 Å². The number of hydrogen-bond acceptors (Lipinski definition) is 6. The Morgan fingerprint density at radius 2 is 1.83 bits per heavy atom. The molecule has 0 aliphatic rings. The van der Waals surface area contributed by atoms with Crippen LogP contribution in [0.15, 0.2) is 59.7 Å². The summed E-state index contributed by atoms with van der Waals surface area (Å²) >= 11 is 0. The van der Waals surface area contributed by atoms with Crippen LogP contribution in [0.25, 0.3) is 22.3 Å². The number of benzene rings is 1. The van der Waals surface area contributed by atoms with Crippen molar-refractivity contribution in [1.82, 2.24) is 24.3 Å². The van der Waals surface area contributed by atoms with Gasteiger partial charge >= 0.3 is 0 Å². The molecule has 0 unspecified atom stereocenters. The van der Waals surface area contributed by atoms with Gasteiger partial charge in [0.25, 0.3) is 5.56 Å². The Bertz CT molecular complexity index is 1240. The lowest BCUT2D eigenvalue weighted by atomic mass is 10.1. The average Bonchev–Trinajstić information content (AvgIpc) is 3.13. The van der Waals surface area contributed by atoms with Gasteiger partial charge in [0.1, 0.15) is 5.39 Å². The van der Waals surface area contributed by atoms with Crippen LogP contribution in [0.4, 0.5) is 5.95 Å². The first kappa shape index (κ1) is 19.8. The van der Waals surface area contributed by atoms with E-state index in [1.165, 1.54) is 4.57 Å². The molecule has 3 aromatic heterocycles. The molecule has 0 amide bonds. The number of fused-ring (bicyclic) bond motifs is 1. The highest BCUT2D eigenvalue weighted by Gasteiger charge is 2.25. The van der Waals surface area contributed by atoms with Crippen LogP contribution >= 0.6 is 0 Å². The number of pyridine rings is 1. The molecule has 0 fully saturated rings. The monoisotopic (exact) mass is 404 g/mol. The SMILES string of the molecule is Cn1c(N(O)C(C)(C)C)nc2nn(Cc3ccc(-c4ccccn4)cc3)cc2c1=O. The number of hydroxylamine groups is 1. The molecule has 0 aliphatic heterocycles. The standard InChI is InChI=1S/C22H24N6O2/c1-22(2,3)28(30)21-24-19-17(20(29)26(21)4)14-27(25-19)13-15-8-10-16(11-9-15)18-7-5-6-12-23-18/h5-12,14,30H,13H2,1-4H3. The van der Waals surface area contributed by atoms with Crippen molar-refractivity contribution in [2.24, 2.45) is 7.05 Å². The number of nitrogens with zero attached hydrogens (tertiary/aromatic N) is 6. The molecule has 8 nitrogen and oxygen atoms in total. The predicted molar refractivity (Wildman–Crippen MR) is 116 cm³/mol. The first-order chi connectivity index (χ1) is 14.2. The zero-order valence-corrected chi connectivity index (χ0v) is 17.4. The Kier molecular flexibility index (Phi) is 4.87. The topological polar surface area (TPSA) is 89.1 Å². The fraction of sp³-hybridized carbons (Fsp3) is 0.273. The first-order valence-corrected chi connectivity index (χ1v) is 9.68. The van der Waals surface area contributed by atoms with Crippen LogP contribution in [0.3, 0.4) is 0 Å². The van der Waals surface area contributed by atoms with E-state index >= 15 is 0 Å². The van der Waals surface area contributed by atoms with Gasteiger partial charge in [-0.1, -0.05) is 30.3 Å². The fourth-order valence-electron chi connectivity index (χ4n) is 3.16. The molecule has 154 valence electrons. The molecule has 1 aromatic carbocycles. The Morgan fingerprint density at radius 3 is 2.47 bits per heavy atom. The minimum atomic E-state index is -0.608. The van der Waals surface area contributed by atoms with Crippen LogP contribution in [0, 0.1) is 0 Å². The molecule has 3 heterocycles. The molecule has 1 N–H and O–H groups in total. The zero-order valence-electron chi connectivity index (χ0n) is 17.4. The molecule has 0 aliphatic carbocycles. The van der Waals surface area contributed by atoms with Gasteiger partial charge in [-0.2, -0.15) is 10.1 Å². The van der Waals surface area contributed by atoms with Crippen LogP contribution in [0.1, 0.15) is 26.3 Å². The molecule has 0 atom stereocenters. The largest absolute Gasteiger partial charge is 0.285 e. The van der Waals surface area contributed by atoms with E-state index in [4.69, 9.17) is 0 Å². The molecule has 0 spiro atoms. The second-order valence-corrected chi connectivity index (χ2v) is 8.23. The lowest BCUT2D eigenvalue weighted by Gasteiger charge is -2.30. The summed E-state index contributed by atoms with van der Waals surface area (Å²) in [5, 5.41) is 16.3. The minimum Gasteiger partial charge on any atom is -0.285 e. The second-order valence-electron chi connectivity index (χ2n) is 8.23. The third-order valence-electron chi connectivity index (χ3n) is 4.87. The minimum absolute atomic E-state index is 0.157. The summed E-state index contributed by atoms with van der Waals surface area (Å²) in [7, 11) is 1.59. The molecule has 0 saturated carbocycles. The molecular weight excluding hydrogens is 380 g/mol. The quantitative estimate of drug-likeness (QED) is 0.525. The number of anilines is 1. The number of rotatable bonds is 4. The van der Waals surface area contributed by atoms with Gasteiger partial charge in [0.2, 0.25) is 5.95 Å². The van der Waals surface area contributed by atoms with Gasteiger partial charge < -0.3 is 0 Å². The van der Waals surface area contributed by atoms with Gasteiger partial charge in [0.15, 0.2) is 5.65 Å². The summed E-state index contributed by atoms with van der Waals surface area (Å²) in [6.07, 6.45) is 3.47. The van der Waals surface area contributed by atoms with Crippen LogP contribution in [0.5, 0.6) is 0 Å². The Hall–Kier alpha value is -3.52. The van der Waals surface area contributed by atoms with Crippen LogP contribution in [-0.2, 0) is 13.6 Å². The maximum atomic E-state index is 12.8. The van der Waals surface area contributed by atoms with Gasteiger partial charge in [-0.25, -0.2) is 5.06 Å². The lowest BCUT2D eigenvalue weighted by Crippen LogP contribution is -2.42. The number of hydrogen-bond donors (Lipinski definition) is 1. The lowest BCUT2D eigenvalue weighted by molar-refractivity contribution is 0.172. The molecule has 0 saturated heterocycles.